The van der Waals surface area contributed by atoms with Gasteiger partial charge in [0.2, 0.25) is 5.91 Å². The van der Waals surface area contributed by atoms with Gasteiger partial charge in [-0.05, 0) is 30.5 Å². The van der Waals surface area contributed by atoms with Gasteiger partial charge in [-0.3, -0.25) is 4.79 Å². The molecule has 3 nitrogen and oxygen atoms in total. The SMILES string of the molecule is Cc1cccc(CNCCC(=O)N(C)C)c1C. The molecule has 0 fully saturated rings. The van der Waals surface area contributed by atoms with E-state index >= 15 is 0 Å². The highest BCUT2D eigenvalue weighted by Gasteiger charge is 2.03. The van der Waals surface area contributed by atoms with Crippen molar-refractivity contribution in [2.75, 3.05) is 20.6 Å². The van der Waals surface area contributed by atoms with Crippen LogP contribution in [0.1, 0.15) is 23.1 Å². The molecule has 0 spiro atoms. The second-order valence-corrected chi connectivity index (χ2v) is 4.57. The third kappa shape index (κ3) is 4.19. The summed E-state index contributed by atoms with van der Waals surface area (Å²) in [6.45, 7) is 5.81. The minimum Gasteiger partial charge on any atom is -0.349 e. The van der Waals surface area contributed by atoms with E-state index in [1.165, 1.54) is 16.7 Å². The van der Waals surface area contributed by atoms with Gasteiger partial charge in [0.15, 0.2) is 0 Å². The van der Waals surface area contributed by atoms with Gasteiger partial charge in [0.05, 0.1) is 0 Å². The predicted molar refractivity (Wildman–Crippen MR) is 70.9 cm³/mol. The van der Waals surface area contributed by atoms with E-state index in [4.69, 9.17) is 0 Å². The maximum atomic E-state index is 11.4. The van der Waals surface area contributed by atoms with E-state index in [2.05, 4.69) is 37.4 Å². The Hall–Kier alpha value is -1.35. The summed E-state index contributed by atoms with van der Waals surface area (Å²) in [6, 6.07) is 6.32. The second kappa shape index (κ2) is 6.40. The minimum absolute atomic E-state index is 0.165. The quantitative estimate of drug-likeness (QED) is 0.789. The van der Waals surface area contributed by atoms with Gasteiger partial charge in [-0.2, -0.15) is 0 Å². The molecule has 1 N–H and O–H groups in total. The Labute approximate surface area is 104 Å². The van der Waals surface area contributed by atoms with E-state index in [0.717, 1.165) is 13.1 Å². The van der Waals surface area contributed by atoms with Crippen LogP contribution in [0, 0.1) is 13.8 Å². The maximum Gasteiger partial charge on any atom is 0.223 e. The molecule has 0 unspecified atom stereocenters. The van der Waals surface area contributed by atoms with Crippen LogP contribution in [0.15, 0.2) is 18.2 Å². The van der Waals surface area contributed by atoms with Gasteiger partial charge in [0, 0.05) is 33.6 Å². The molecule has 1 amide bonds. The summed E-state index contributed by atoms with van der Waals surface area (Å²) in [5.74, 6) is 0.165. The summed E-state index contributed by atoms with van der Waals surface area (Å²) in [6.07, 6.45) is 0.553. The topological polar surface area (TPSA) is 32.3 Å². The summed E-state index contributed by atoms with van der Waals surface area (Å²) < 4.78 is 0. The van der Waals surface area contributed by atoms with Crippen molar-refractivity contribution in [1.82, 2.24) is 10.2 Å². The van der Waals surface area contributed by atoms with Crippen LogP contribution in [0.4, 0.5) is 0 Å². The van der Waals surface area contributed by atoms with Crippen molar-refractivity contribution in [3.05, 3.63) is 34.9 Å². The van der Waals surface area contributed by atoms with E-state index < -0.39 is 0 Å². The number of benzene rings is 1. The van der Waals surface area contributed by atoms with Gasteiger partial charge in [-0.15, -0.1) is 0 Å². The van der Waals surface area contributed by atoms with Crippen molar-refractivity contribution < 1.29 is 4.79 Å². The average Bonchev–Trinajstić information content (AvgIpc) is 2.29. The molecule has 0 heterocycles. The Morgan fingerprint density at radius 3 is 2.65 bits per heavy atom. The highest BCUT2D eigenvalue weighted by atomic mass is 16.2. The fourth-order valence-corrected chi connectivity index (χ4v) is 1.65. The van der Waals surface area contributed by atoms with Gasteiger partial charge in [0.1, 0.15) is 0 Å². The Bertz CT molecular complexity index is 386. The van der Waals surface area contributed by atoms with E-state index in [1.54, 1.807) is 19.0 Å². The maximum absolute atomic E-state index is 11.4. The Kier molecular flexibility index (Phi) is 5.16. The second-order valence-electron chi connectivity index (χ2n) is 4.57. The zero-order valence-corrected chi connectivity index (χ0v) is 11.2. The minimum atomic E-state index is 0.165. The molecule has 0 bridgehead atoms. The van der Waals surface area contributed by atoms with Gasteiger partial charge in [-0.1, -0.05) is 18.2 Å². The fraction of sp³-hybridized carbons (Fsp3) is 0.500. The molecule has 1 rings (SSSR count). The largest absolute Gasteiger partial charge is 0.349 e. The first-order chi connectivity index (χ1) is 8.02. The van der Waals surface area contributed by atoms with Crippen LogP contribution in [0.25, 0.3) is 0 Å². The molecule has 0 aliphatic carbocycles. The number of carbonyl (C=O) groups excluding carboxylic acids is 1. The third-order valence-corrected chi connectivity index (χ3v) is 3.05. The predicted octanol–water partition coefficient (Wildman–Crippen LogP) is 1.87. The lowest BCUT2D eigenvalue weighted by Crippen LogP contribution is -2.26. The molecular weight excluding hydrogens is 212 g/mol. The van der Waals surface area contributed by atoms with Crippen LogP contribution in [-0.4, -0.2) is 31.4 Å². The molecule has 0 radical (unpaired) electrons. The van der Waals surface area contributed by atoms with Gasteiger partial charge in [-0.25, -0.2) is 0 Å². The molecule has 0 saturated carbocycles. The highest BCUT2D eigenvalue weighted by molar-refractivity contribution is 5.75. The number of amides is 1. The summed E-state index contributed by atoms with van der Waals surface area (Å²) in [5, 5.41) is 3.31. The number of hydrogen-bond acceptors (Lipinski definition) is 2. The first-order valence-electron chi connectivity index (χ1n) is 5.98. The lowest BCUT2D eigenvalue weighted by Gasteiger charge is -2.12. The monoisotopic (exact) mass is 234 g/mol. The summed E-state index contributed by atoms with van der Waals surface area (Å²) in [4.78, 5) is 13.0. The summed E-state index contributed by atoms with van der Waals surface area (Å²) in [7, 11) is 3.57. The highest BCUT2D eigenvalue weighted by Crippen LogP contribution is 2.12. The molecule has 3 heteroatoms. The normalized spacial score (nSPS) is 10.4. The Morgan fingerprint density at radius 1 is 1.29 bits per heavy atom. The number of carbonyl (C=O) groups is 1. The van der Waals surface area contributed by atoms with E-state index in [0.29, 0.717) is 6.42 Å². The molecule has 0 aliphatic heterocycles. The third-order valence-electron chi connectivity index (χ3n) is 3.05. The average molecular weight is 234 g/mol. The zero-order chi connectivity index (χ0) is 12.8. The van der Waals surface area contributed by atoms with Crippen LogP contribution in [0.2, 0.25) is 0 Å². The number of nitrogens with one attached hydrogen (secondary N) is 1. The number of aryl methyl sites for hydroxylation is 1. The molecule has 17 heavy (non-hydrogen) atoms. The van der Waals surface area contributed by atoms with Crippen LogP contribution in [-0.2, 0) is 11.3 Å². The zero-order valence-electron chi connectivity index (χ0n) is 11.2. The Morgan fingerprint density at radius 2 is 2.00 bits per heavy atom. The van der Waals surface area contributed by atoms with Crippen molar-refractivity contribution in [2.24, 2.45) is 0 Å². The van der Waals surface area contributed by atoms with Crippen LogP contribution in [0.5, 0.6) is 0 Å². The molecule has 0 aliphatic rings. The number of rotatable bonds is 5. The van der Waals surface area contributed by atoms with Crippen LogP contribution >= 0.6 is 0 Å². The lowest BCUT2D eigenvalue weighted by atomic mass is 10.0. The van der Waals surface area contributed by atoms with Crippen LogP contribution < -0.4 is 5.32 Å². The molecular formula is C14H22N2O. The van der Waals surface area contributed by atoms with E-state index in [1.807, 2.05) is 0 Å². The molecule has 1 aromatic carbocycles. The molecule has 0 aromatic heterocycles. The van der Waals surface area contributed by atoms with Crippen molar-refractivity contribution in [1.29, 1.82) is 0 Å². The van der Waals surface area contributed by atoms with Gasteiger partial charge < -0.3 is 10.2 Å². The van der Waals surface area contributed by atoms with E-state index in [-0.39, 0.29) is 5.91 Å². The first-order valence-corrected chi connectivity index (χ1v) is 5.98. The molecule has 1 aromatic rings. The molecule has 0 atom stereocenters. The van der Waals surface area contributed by atoms with Gasteiger partial charge in [0.25, 0.3) is 0 Å². The number of hydrogen-bond donors (Lipinski definition) is 1. The Balaban J connectivity index is 2.36. The molecule has 0 saturated heterocycles. The molecule has 94 valence electrons. The van der Waals surface area contributed by atoms with Crippen molar-refractivity contribution >= 4 is 5.91 Å². The summed E-state index contributed by atoms with van der Waals surface area (Å²) >= 11 is 0. The number of nitrogens with zero attached hydrogens (tertiary/aromatic N) is 1. The standard InChI is InChI=1S/C14H22N2O/c1-11-6-5-7-13(12(11)2)10-15-9-8-14(17)16(3)4/h5-7,15H,8-10H2,1-4H3. The van der Waals surface area contributed by atoms with Crippen molar-refractivity contribution in [3.8, 4) is 0 Å². The van der Waals surface area contributed by atoms with Crippen molar-refractivity contribution in [2.45, 2.75) is 26.8 Å². The van der Waals surface area contributed by atoms with Crippen molar-refractivity contribution in [3.63, 3.8) is 0 Å². The van der Waals surface area contributed by atoms with Gasteiger partial charge >= 0.3 is 0 Å². The van der Waals surface area contributed by atoms with Crippen LogP contribution in [0.3, 0.4) is 0 Å². The fourth-order valence-electron chi connectivity index (χ4n) is 1.65. The first kappa shape index (κ1) is 13.7. The smallest absolute Gasteiger partial charge is 0.223 e. The lowest BCUT2D eigenvalue weighted by molar-refractivity contribution is -0.128. The summed E-state index contributed by atoms with van der Waals surface area (Å²) in [5.41, 5.74) is 3.95. The van der Waals surface area contributed by atoms with E-state index in [9.17, 15) is 4.79 Å².